The normalized spacial score (nSPS) is 12.8. The quantitative estimate of drug-likeness (QED) is 0.763. The molecule has 0 saturated carbocycles. The standard InChI is InChI=1S/C8H5BrClF3O3S/c1-4-2-3-5(7(10)6(4)9)17(14,15)16-8(11,12)13/h2-3H,1H3. The molecule has 0 saturated heterocycles. The number of halogens is 5. The van der Waals surface area contributed by atoms with E-state index in [0.717, 1.165) is 6.07 Å². The lowest BCUT2D eigenvalue weighted by Gasteiger charge is -2.10. The molecule has 0 heterocycles. The van der Waals surface area contributed by atoms with Gasteiger partial charge in [0.15, 0.2) is 0 Å². The van der Waals surface area contributed by atoms with Crippen molar-refractivity contribution in [2.45, 2.75) is 18.2 Å². The summed E-state index contributed by atoms with van der Waals surface area (Å²) in [6, 6.07) is 2.26. The zero-order valence-corrected chi connectivity index (χ0v) is 11.3. The van der Waals surface area contributed by atoms with E-state index in [9.17, 15) is 21.6 Å². The molecule has 0 aliphatic rings. The number of alkyl halides is 3. The van der Waals surface area contributed by atoms with Crippen LogP contribution in [0.5, 0.6) is 0 Å². The molecule has 1 aromatic carbocycles. The van der Waals surface area contributed by atoms with E-state index < -0.39 is 21.4 Å². The van der Waals surface area contributed by atoms with Crippen LogP contribution in [0.15, 0.2) is 21.5 Å². The molecule has 17 heavy (non-hydrogen) atoms. The fourth-order valence-electron chi connectivity index (χ4n) is 0.991. The van der Waals surface area contributed by atoms with E-state index >= 15 is 0 Å². The molecule has 3 nitrogen and oxygen atoms in total. The van der Waals surface area contributed by atoms with E-state index in [2.05, 4.69) is 20.1 Å². The van der Waals surface area contributed by atoms with Crippen LogP contribution in [0, 0.1) is 6.92 Å². The van der Waals surface area contributed by atoms with Crippen LogP contribution in [-0.2, 0) is 14.3 Å². The van der Waals surface area contributed by atoms with Crippen LogP contribution < -0.4 is 0 Å². The largest absolute Gasteiger partial charge is 0.537 e. The van der Waals surface area contributed by atoms with Gasteiger partial charge in [0, 0.05) is 4.47 Å². The summed E-state index contributed by atoms with van der Waals surface area (Å²) in [6.45, 7) is 1.61. The van der Waals surface area contributed by atoms with Crippen molar-refractivity contribution in [3.05, 3.63) is 27.2 Å². The molecule has 96 valence electrons. The SMILES string of the molecule is Cc1ccc(S(=O)(=O)OC(F)(F)F)c(Cl)c1Br. The molecule has 0 radical (unpaired) electrons. The minimum atomic E-state index is -5.29. The first kappa shape index (κ1) is 14.7. The molecule has 0 atom stereocenters. The molecular weight excluding hydrogens is 349 g/mol. The summed E-state index contributed by atoms with van der Waals surface area (Å²) in [4.78, 5) is -0.742. The summed E-state index contributed by atoms with van der Waals surface area (Å²) in [7, 11) is -4.97. The third kappa shape index (κ3) is 3.57. The van der Waals surface area contributed by atoms with Gasteiger partial charge in [-0.25, -0.2) is 0 Å². The molecule has 0 unspecified atom stereocenters. The van der Waals surface area contributed by atoms with Gasteiger partial charge in [-0.3, -0.25) is 0 Å². The fourth-order valence-corrected chi connectivity index (χ4v) is 2.86. The summed E-state index contributed by atoms with van der Waals surface area (Å²) in [5, 5.41) is -0.353. The zero-order valence-electron chi connectivity index (χ0n) is 8.18. The molecule has 0 aliphatic heterocycles. The number of aryl methyl sites for hydroxylation is 1. The lowest BCUT2D eigenvalue weighted by molar-refractivity contribution is -0.271. The van der Waals surface area contributed by atoms with E-state index in [1.54, 1.807) is 6.92 Å². The molecular formula is C8H5BrClF3O3S. The number of hydrogen-bond donors (Lipinski definition) is 0. The Bertz CT molecular complexity index is 542. The van der Waals surface area contributed by atoms with Crippen LogP contribution in [-0.4, -0.2) is 14.8 Å². The van der Waals surface area contributed by atoms with Gasteiger partial charge in [-0.1, -0.05) is 17.7 Å². The third-order valence-electron chi connectivity index (χ3n) is 1.71. The zero-order chi connectivity index (χ0) is 13.4. The second kappa shape index (κ2) is 4.75. The Balaban J connectivity index is 3.31. The first-order valence-corrected chi connectivity index (χ1v) is 6.59. The molecule has 9 heteroatoms. The molecule has 0 amide bonds. The molecule has 0 bridgehead atoms. The smallest absolute Gasteiger partial charge is 0.194 e. The molecule has 0 fully saturated rings. The fraction of sp³-hybridized carbons (Fsp3) is 0.250. The van der Waals surface area contributed by atoms with E-state index in [1.165, 1.54) is 6.07 Å². The lowest BCUT2D eigenvalue weighted by atomic mass is 10.2. The van der Waals surface area contributed by atoms with Gasteiger partial charge in [-0.15, -0.1) is 13.2 Å². The summed E-state index contributed by atoms with van der Waals surface area (Å²) < 4.78 is 61.5. The van der Waals surface area contributed by atoms with Crippen LogP contribution in [0.4, 0.5) is 13.2 Å². The molecule has 1 rings (SSSR count). The number of benzene rings is 1. The molecule has 0 spiro atoms. The van der Waals surface area contributed by atoms with Crippen molar-refractivity contribution in [2.24, 2.45) is 0 Å². The van der Waals surface area contributed by atoms with Crippen molar-refractivity contribution in [3.8, 4) is 0 Å². The number of hydrogen-bond acceptors (Lipinski definition) is 3. The second-order valence-electron chi connectivity index (χ2n) is 2.99. The Hall–Kier alpha value is -0.310. The number of rotatable bonds is 2. The minimum Gasteiger partial charge on any atom is -0.194 e. The van der Waals surface area contributed by atoms with Crippen molar-refractivity contribution < 1.29 is 25.8 Å². The van der Waals surface area contributed by atoms with Crippen LogP contribution >= 0.6 is 27.5 Å². The van der Waals surface area contributed by atoms with Gasteiger partial charge < -0.3 is 0 Å². The van der Waals surface area contributed by atoms with E-state index in [4.69, 9.17) is 11.6 Å². The van der Waals surface area contributed by atoms with Crippen LogP contribution in [0.3, 0.4) is 0 Å². The topological polar surface area (TPSA) is 43.4 Å². The first-order valence-electron chi connectivity index (χ1n) is 4.01. The Labute approximate surface area is 109 Å². The predicted molar refractivity (Wildman–Crippen MR) is 58.2 cm³/mol. The van der Waals surface area contributed by atoms with Gasteiger partial charge in [0.2, 0.25) is 0 Å². The maximum Gasteiger partial charge on any atom is 0.537 e. The average molecular weight is 354 g/mol. The van der Waals surface area contributed by atoms with E-state index in [-0.39, 0.29) is 9.50 Å². The van der Waals surface area contributed by atoms with Gasteiger partial charge in [-0.05, 0) is 34.5 Å². The van der Waals surface area contributed by atoms with E-state index in [0.29, 0.717) is 5.56 Å². The van der Waals surface area contributed by atoms with Gasteiger partial charge >= 0.3 is 16.5 Å². The second-order valence-corrected chi connectivity index (χ2v) is 5.68. The van der Waals surface area contributed by atoms with Crippen molar-refractivity contribution in [1.82, 2.24) is 0 Å². The van der Waals surface area contributed by atoms with Crippen molar-refractivity contribution in [2.75, 3.05) is 0 Å². The summed E-state index contributed by atoms with van der Waals surface area (Å²) in [6.07, 6.45) is -5.29. The summed E-state index contributed by atoms with van der Waals surface area (Å²) in [5.74, 6) is 0. The molecule has 1 aromatic rings. The molecule has 0 aliphatic carbocycles. The Morgan fingerprint density at radius 2 is 1.88 bits per heavy atom. The van der Waals surface area contributed by atoms with E-state index in [1.807, 2.05) is 0 Å². The van der Waals surface area contributed by atoms with Gasteiger partial charge in [0.1, 0.15) is 4.90 Å². The summed E-state index contributed by atoms with van der Waals surface area (Å²) >= 11 is 8.61. The highest BCUT2D eigenvalue weighted by atomic mass is 79.9. The van der Waals surface area contributed by atoms with Crippen LogP contribution in [0.1, 0.15) is 5.56 Å². The first-order chi connectivity index (χ1) is 7.54. The molecule has 0 aromatic heterocycles. The van der Waals surface area contributed by atoms with Gasteiger partial charge in [0.25, 0.3) is 0 Å². The summed E-state index contributed by atoms with van der Waals surface area (Å²) in [5.41, 5.74) is 0.584. The van der Waals surface area contributed by atoms with Crippen molar-refractivity contribution in [3.63, 3.8) is 0 Å². The average Bonchev–Trinajstić information content (AvgIpc) is 2.09. The van der Waals surface area contributed by atoms with Crippen LogP contribution in [0.25, 0.3) is 0 Å². The van der Waals surface area contributed by atoms with Gasteiger partial charge in [0.05, 0.1) is 5.02 Å². The third-order valence-corrected chi connectivity index (χ3v) is 4.76. The maximum absolute atomic E-state index is 11.9. The van der Waals surface area contributed by atoms with Crippen molar-refractivity contribution in [1.29, 1.82) is 0 Å². The predicted octanol–water partition coefficient (Wildman–Crippen LogP) is 3.64. The maximum atomic E-state index is 11.9. The van der Waals surface area contributed by atoms with Crippen molar-refractivity contribution >= 4 is 37.6 Å². The van der Waals surface area contributed by atoms with Gasteiger partial charge in [-0.2, -0.15) is 12.6 Å². The Morgan fingerprint density at radius 1 is 1.35 bits per heavy atom. The lowest BCUT2D eigenvalue weighted by Crippen LogP contribution is -2.20. The monoisotopic (exact) mass is 352 g/mol. The molecule has 0 N–H and O–H groups in total. The highest BCUT2D eigenvalue weighted by Gasteiger charge is 2.38. The van der Waals surface area contributed by atoms with Crippen LogP contribution in [0.2, 0.25) is 5.02 Å². The highest BCUT2D eigenvalue weighted by Crippen LogP contribution is 2.35. The Kier molecular flexibility index (Phi) is 4.12. The Morgan fingerprint density at radius 3 is 2.35 bits per heavy atom. The highest BCUT2D eigenvalue weighted by molar-refractivity contribution is 9.10. The minimum absolute atomic E-state index is 0.200.